The number of pyridine rings is 1. The van der Waals surface area contributed by atoms with E-state index in [1.54, 1.807) is 6.92 Å². The molecule has 0 aliphatic heterocycles. The Bertz CT molecular complexity index is 753. The summed E-state index contributed by atoms with van der Waals surface area (Å²) in [5.41, 5.74) is -0.0117. The molecule has 106 valence electrons. The normalized spacial score (nSPS) is 11.3. The van der Waals surface area contributed by atoms with Gasteiger partial charge in [0.1, 0.15) is 10.7 Å². The molecule has 0 bridgehead atoms. The average molecular weight is 377 g/mol. The second-order valence-electron chi connectivity index (χ2n) is 3.81. The molecule has 0 aliphatic rings. The standard InChI is InChI=1S/C11H9BrN2O4S2/c1-6-8(4-9(12)19-6)20(17,18)14-10-3-2-7(5-13-10)11(15)16/h2-5H,1H3,(H,13,14)(H,15,16). The van der Waals surface area contributed by atoms with Gasteiger partial charge in [0, 0.05) is 11.1 Å². The van der Waals surface area contributed by atoms with Gasteiger partial charge in [-0.25, -0.2) is 18.2 Å². The summed E-state index contributed by atoms with van der Waals surface area (Å²) in [5, 5.41) is 8.74. The van der Waals surface area contributed by atoms with Gasteiger partial charge < -0.3 is 5.11 Å². The number of carboxylic acid groups (broad SMARTS) is 1. The second-order valence-corrected chi connectivity index (χ2v) is 8.10. The van der Waals surface area contributed by atoms with Crippen LogP contribution in [0, 0.1) is 6.92 Å². The number of aromatic carboxylic acids is 1. The van der Waals surface area contributed by atoms with Gasteiger partial charge in [0.15, 0.2) is 0 Å². The van der Waals surface area contributed by atoms with Gasteiger partial charge >= 0.3 is 5.97 Å². The smallest absolute Gasteiger partial charge is 0.337 e. The number of hydrogen-bond donors (Lipinski definition) is 2. The fourth-order valence-electron chi connectivity index (χ4n) is 1.47. The summed E-state index contributed by atoms with van der Waals surface area (Å²) in [6.45, 7) is 1.70. The number of thiophene rings is 1. The maximum absolute atomic E-state index is 12.2. The molecule has 20 heavy (non-hydrogen) atoms. The predicted molar refractivity (Wildman–Crippen MR) is 78.8 cm³/mol. The molecule has 0 fully saturated rings. The first-order valence-corrected chi connectivity index (χ1v) is 8.37. The van der Waals surface area contributed by atoms with Crippen LogP contribution in [-0.4, -0.2) is 24.5 Å². The van der Waals surface area contributed by atoms with Crippen LogP contribution < -0.4 is 4.72 Å². The number of hydrogen-bond acceptors (Lipinski definition) is 5. The molecule has 0 aromatic carbocycles. The average Bonchev–Trinajstić information content (AvgIpc) is 2.69. The number of aromatic nitrogens is 1. The molecule has 0 saturated heterocycles. The molecule has 9 heteroatoms. The fourth-order valence-corrected chi connectivity index (χ4v) is 4.89. The van der Waals surface area contributed by atoms with E-state index in [1.807, 2.05) is 0 Å². The van der Waals surface area contributed by atoms with E-state index in [0.29, 0.717) is 8.66 Å². The van der Waals surface area contributed by atoms with Gasteiger partial charge in [-0.15, -0.1) is 11.3 Å². The number of halogens is 1. The number of aryl methyl sites for hydroxylation is 1. The topological polar surface area (TPSA) is 96.4 Å². The van der Waals surface area contributed by atoms with E-state index < -0.39 is 16.0 Å². The number of anilines is 1. The molecule has 0 spiro atoms. The number of carboxylic acids is 1. The molecule has 0 saturated carbocycles. The number of carbonyl (C=O) groups is 1. The number of sulfonamides is 1. The van der Waals surface area contributed by atoms with E-state index in [0.717, 1.165) is 6.20 Å². The van der Waals surface area contributed by atoms with E-state index in [4.69, 9.17) is 5.11 Å². The second kappa shape index (κ2) is 5.51. The molecule has 0 aliphatic carbocycles. The van der Waals surface area contributed by atoms with Crippen molar-refractivity contribution < 1.29 is 18.3 Å². The molecule has 2 N–H and O–H groups in total. The quantitative estimate of drug-likeness (QED) is 0.854. The van der Waals surface area contributed by atoms with Gasteiger partial charge in [0.25, 0.3) is 10.0 Å². The minimum atomic E-state index is -3.74. The number of rotatable bonds is 4. The van der Waals surface area contributed by atoms with Crippen LogP contribution in [0.3, 0.4) is 0 Å². The van der Waals surface area contributed by atoms with Crippen molar-refractivity contribution in [2.45, 2.75) is 11.8 Å². The lowest BCUT2D eigenvalue weighted by molar-refractivity contribution is 0.0696. The molecule has 2 aromatic heterocycles. The van der Waals surface area contributed by atoms with Crippen LogP contribution in [0.25, 0.3) is 0 Å². The van der Waals surface area contributed by atoms with Crippen molar-refractivity contribution in [2.75, 3.05) is 4.72 Å². The third-order valence-corrected chi connectivity index (χ3v) is 5.54. The summed E-state index contributed by atoms with van der Waals surface area (Å²) in [4.78, 5) is 15.3. The molecule has 2 aromatic rings. The van der Waals surface area contributed by atoms with Crippen molar-refractivity contribution in [2.24, 2.45) is 0 Å². The molecule has 0 unspecified atom stereocenters. The van der Waals surface area contributed by atoms with E-state index in [9.17, 15) is 13.2 Å². The minimum Gasteiger partial charge on any atom is -0.478 e. The highest BCUT2D eigenvalue weighted by Gasteiger charge is 2.20. The van der Waals surface area contributed by atoms with Gasteiger partial charge in [0.05, 0.1) is 9.35 Å². The van der Waals surface area contributed by atoms with Crippen LogP contribution in [0.4, 0.5) is 5.82 Å². The maximum atomic E-state index is 12.2. The lowest BCUT2D eigenvalue weighted by Crippen LogP contribution is -2.14. The molecule has 0 amide bonds. The van der Waals surface area contributed by atoms with Crippen LogP contribution in [0.5, 0.6) is 0 Å². The monoisotopic (exact) mass is 376 g/mol. The number of nitrogens with zero attached hydrogens (tertiary/aromatic N) is 1. The molecule has 6 nitrogen and oxygen atoms in total. The van der Waals surface area contributed by atoms with Gasteiger partial charge in [-0.05, 0) is 41.1 Å². The van der Waals surface area contributed by atoms with Crippen LogP contribution in [0.1, 0.15) is 15.2 Å². The molecular weight excluding hydrogens is 368 g/mol. The predicted octanol–water partition coefficient (Wildman–Crippen LogP) is 2.71. The lowest BCUT2D eigenvalue weighted by atomic mass is 10.3. The van der Waals surface area contributed by atoms with E-state index >= 15 is 0 Å². The van der Waals surface area contributed by atoms with Gasteiger partial charge in [-0.1, -0.05) is 0 Å². The number of nitrogens with one attached hydrogen (secondary N) is 1. The Balaban J connectivity index is 2.28. The third kappa shape index (κ3) is 3.17. The summed E-state index contributed by atoms with van der Waals surface area (Å²) in [7, 11) is -3.74. The maximum Gasteiger partial charge on any atom is 0.337 e. The van der Waals surface area contributed by atoms with Crippen LogP contribution in [0.2, 0.25) is 0 Å². The molecule has 0 radical (unpaired) electrons. The van der Waals surface area contributed by atoms with Crippen LogP contribution in [-0.2, 0) is 10.0 Å². The van der Waals surface area contributed by atoms with Gasteiger partial charge in [-0.3, -0.25) is 4.72 Å². The van der Waals surface area contributed by atoms with Gasteiger partial charge in [-0.2, -0.15) is 0 Å². The Morgan fingerprint density at radius 3 is 2.60 bits per heavy atom. The Morgan fingerprint density at radius 1 is 1.45 bits per heavy atom. The summed E-state index contributed by atoms with van der Waals surface area (Å²) in [6, 6.07) is 4.09. The molecular formula is C11H9BrN2O4S2. The van der Waals surface area contributed by atoms with Crippen molar-refractivity contribution >= 4 is 49.1 Å². The SMILES string of the molecule is Cc1sc(Br)cc1S(=O)(=O)Nc1ccc(C(=O)O)cn1. The van der Waals surface area contributed by atoms with E-state index in [1.165, 1.54) is 29.5 Å². The van der Waals surface area contributed by atoms with Crippen LogP contribution in [0.15, 0.2) is 33.1 Å². The first-order valence-electron chi connectivity index (χ1n) is 5.28. The summed E-state index contributed by atoms with van der Waals surface area (Å²) < 4.78 is 27.4. The van der Waals surface area contributed by atoms with Crippen molar-refractivity contribution in [1.82, 2.24) is 4.98 Å². The Morgan fingerprint density at radius 2 is 2.15 bits per heavy atom. The molecule has 2 rings (SSSR count). The highest BCUT2D eigenvalue weighted by Crippen LogP contribution is 2.30. The highest BCUT2D eigenvalue weighted by atomic mass is 79.9. The van der Waals surface area contributed by atoms with E-state index in [2.05, 4.69) is 25.6 Å². The fraction of sp³-hybridized carbons (Fsp3) is 0.0909. The third-order valence-electron chi connectivity index (χ3n) is 2.38. The minimum absolute atomic E-state index is 0.0117. The zero-order valence-electron chi connectivity index (χ0n) is 10.1. The Hall–Kier alpha value is -1.45. The lowest BCUT2D eigenvalue weighted by Gasteiger charge is -2.06. The highest BCUT2D eigenvalue weighted by molar-refractivity contribution is 9.11. The van der Waals surface area contributed by atoms with Crippen molar-refractivity contribution in [3.8, 4) is 0 Å². The molecule has 0 atom stereocenters. The Labute approximate surface area is 127 Å². The summed E-state index contributed by atoms with van der Waals surface area (Å²) in [5.74, 6) is -1.05. The first-order chi connectivity index (χ1) is 9.29. The van der Waals surface area contributed by atoms with E-state index in [-0.39, 0.29) is 16.3 Å². The zero-order chi connectivity index (χ0) is 14.9. The Kier molecular flexibility index (Phi) is 4.11. The van der Waals surface area contributed by atoms with Crippen molar-refractivity contribution in [3.63, 3.8) is 0 Å². The summed E-state index contributed by atoms with van der Waals surface area (Å²) in [6.07, 6.45) is 1.09. The molecule has 2 heterocycles. The van der Waals surface area contributed by atoms with Crippen LogP contribution >= 0.6 is 27.3 Å². The van der Waals surface area contributed by atoms with Gasteiger partial charge in [0.2, 0.25) is 0 Å². The van der Waals surface area contributed by atoms with Crippen molar-refractivity contribution in [1.29, 1.82) is 0 Å². The van der Waals surface area contributed by atoms with Crippen molar-refractivity contribution in [3.05, 3.63) is 38.6 Å². The largest absolute Gasteiger partial charge is 0.478 e. The summed E-state index contributed by atoms with van der Waals surface area (Å²) >= 11 is 4.54. The zero-order valence-corrected chi connectivity index (χ0v) is 13.3. The first kappa shape index (κ1) is 14.9.